The molecule has 1 saturated heterocycles. The molecule has 7 nitrogen and oxygen atoms in total. The molecule has 1 aliphatic heterocycles. The van der Waals surface area contributed by atoms with Gasteiger partial charge in [-0.3, -0.25) is 14.7 Å². The van der Waals surface area contributed by atoms with E-state index in [1.807, 2.05) is 13.8 Å². The summed E-state index contributed by atoms with van der Waals surface area (Å²) in [5.74, 6) is -0.197. The summed E-state index contributed by atoms with van der Waals surface area (Å²) in [6.45, 7) is 6.53. The Hall–Kier alpha value is -0.780. The highest BCUT2D eigenvalue weighted by atomic mass is 31.2. The predicted octanol–water partition coefficient (Wildman–Crippen LogP) is 2.61. The van der Waals surface area contributed by atoms with Gasteiger partial charge in [-0.25, -0.2) is 0 Å². The molecule has 0 aromatic carbocycles. The summed E-state index contributed by atoms with van der Waals surface area (Å²) in [6, 6.07) is 0. The van der Waals surface area contributed by atoms with Crippen LogP contribution >= 0.6 is 7.60 Å². The van der Waals surface area contributed by atoms with Gasteiger partial charge in [0.1, 0.15) is 5.78 Å². The minimum absolute atomic E-state index is 0.0302. The summed E-state index contributed by atoms with van der Waals surface area (Å²) in [5, 5.41) is 9.38. The van der Waals surface area contributed by atoms with Gasteiger partial charge >= 0.3 is 12.9 Å². The molecule has 1 heterocycles. The molecule has 0 amide bonds. The molecule has 1 aliphatic rings. The maximum atomic E-state index is 12.6. The van der Waals surface area contributed by atoms with E-state index >= 15 is 0 Å². The number of ketones is 1. The highest BCUT2D eigenvalue weighted by molar-refractivity contribution is 7.55. The number of hydrogen-bond donors (Lipinski definition) is 0. The van der Waals surface area contributed by atoms with Crippen molar-refractivity contribution in [1.82, 2.24) is 0 Å². The van der Waals surface area contributed by atoms with Crippen LogP contribution in [0, 0.1) is 15.5 Å². The molecule has 19 heavy (non-hydrogen) atoms. The number of Topliss-reactive ketones (excluding diaryl/α,β-unsaturated/α-hetero) is 1. The van der Waals surface area contributed by atoms with Gasteiger partial charge in [-0.2, -0.15) is 0 Å². The summed E-state index contributed by atoms with van der Waals surface area (Å²) in [7, 11) is -3.88. The van der Waals surface area contributed by atoms with Crippen LogP contribution in [0.15, 0.2) is 0 Å². The molecule has 0 aliphatic carbocycles. The van der Waals surface area contributed by atoms with Crippen LogP contribution in [-0.4, -0.2) is 29.2 Å². The first kappa shape index (κ1) is 16.3. The fourth-order valence-corrected chi connectivity index (χ4v) is 3.87. The van der Waals surface area contributed by atoms with Crippen molar-refractivity contribution in [2.45, 2.75) is 45.8 Å². The van der Waals surface area contributed by atoms with E-state index in [1.165, 1.54) is 13.8 Å². The van der Waals surface area contributed by atoms with Gasteiger partial charge in [0.2, 0.25) is 0 Å². The lowest BCUT2D eigenvalue weighted by atomic mass is 9.97. The van der Waals surface area contributed by atoms with Crippen LogP contribution in [0.25, 0.3) is 0 Å². The Morgan fingerprint density at radius 2 is 1.89 bits per heavy atom. The SMILES string of the molecule is CC(=O)CCC(C)([N+](=O)[O-])P1(=O)OCC(C)(C)CO1. The predicted molar refractivity (Wildman–Crippen MR) is 68.6 cm³/mol. The average Bonchev–Trinajstić information content (AvgIpc) is 2.29. The maximum absolute atomic E-state index is 12.6. The maximum Gasteiger partial charge on any atom is 0.406 e. The Balaban J connectivity index is 2.96. The zero-order chi connectivity index (χ0) is 14.9. The number of nitro groups is 1. The Bertz CT molecular complexity index is 421. The van der Waals surface area contributed by atoms with Crippen LogP contribution in [0.1, 0.15) is 40.5 Å². The van der Waals surface area contributed by atoms with Gasteiger partial charge in [0.25, 0.3) is 0 Å². The number of nitrogens with zero attached hydrogens (tertiary/aromatic N) is 1. The summed E-state index contributed by atoms with van der Waals surface area (Å²) >= 11 is 0. The normalized spacial score (nSPS) is 24.4. The number of carbonyl (C=O) groups excluding carboxylic acids is 1. The first-order valence-corrected chi connectivity index (χ1v) is 7.60. The average molecular weight is 293 g/mol. The summed E-state index contributed by atoms with van der Waals surface area (Å²) in [5.41, 5.74) is -0.327. The number of rotatable bonds is 5. The van der Waals surface area contributed by atoms with Crippen molar-refractivity contribution < 1.29 is 23.3 Å². The van der Waals surface area contributed by atoms with Gasteiger partial charge < -0.3 is 13.8 Å². The van der Waals surface area contributed by atoms with Gasteiger partial charge in [0, 0.05) is 30.1 Å². The van der Waals surface area contributed by atoms with Crippen molar-refractivity contribution in [2.75, 3.05) is 13.2 Å². The van der Waals surface area contributed by atoms with Crippen LogP contribution in [0.2, 0.25) is 0 Å². The Morgan fingerprint density at radius 1 is 1.42 bits per heavy atom. The lowest BCUT2D eigenvalue weighted by Gasteiger charge is -2.38. The fourth-order valence-electron chi connectivity index (χ4n) is 1.62. The number of hydrogen-bond acceptors (Lipinski definition) is 6. The van der Waals surface area contributed by atoms with E-state index in [9.17, 15) is 19.5 Å². The lowest BCUT2D eigenvalue weighted by molar-refractivity contribution is -0.541. The molecule has 0 aromatic heterocycles. The van der Waals surface area contributed by atoms with Crippen LogP contribution in [-0.2, 0) is 18.4 Å². The molecule has 1 rings (SSSR count). The molecule has 0 radical (unpaired) electrons. The highest BCUT2D eigenvalue weighted by Crippen LogP contribution is 2.64. The molecule has 0 N–H and O–H groups in total. The van der Waals surface area contributed by atoms with Crippen molar-refractivity contribution in [1.29, 1.82) is 0 Å². The second-order valence-corrected chi connectivity index (χ2v) is 8.36. The van der Waals surface area contributed by atoms with Crippen LogP contribution in [0.4, 0.5) is 0 Å². The van der Waals surface area contributed by atoms with Crippen molar-refractivity contribution in [2.24, 2.45) is 5.41 Å². The second-order valence-electron chi connectivity index (χ2n) is 5.88. The molecule has 1 fully saturated rings. The zero-order valence-corrected chi connectivity index (χ0v) is 12.6. The second kappa shape index (κ2) is 5.31. The largest absolute Gasteiger partial charge is 0.406 e. The van der Waals surface area contributed by atoms with Crippen molar-refractivity contribution in [3.8, 4) is 0 Å². The van der Waals surface area contributed by atoms with E-state index in [4.69, 9.17) is 9.05 Å². The lowest BCUT2D eigenvalue weighted by Crippen LogP contribution is -2.41. The minimum atomic E-state index is -3.88. The van der Waals surface area contributed by atoms with E-state index in [0.29, 0.717) is 0 Å². The third kappa shape index (κ3) is 3.41. The minimum Gasteiger partial charge on any atom is -0.303 e. The summed E-state index contributed by atoms with van der Waals surface area (Å²) in [4.78, 5) is 21.6. The van der Waals surface area contributed by atoms with Gasteiger partial charge in [-0.1, -0.05) is 13.8 Å². The topological polar surface area (TPSA) is 95.7 Å². The third-order valence-electron chi connectivity index (χ3n) is 3.18. The fraction of sp³-hybridized carbons (Fsp3) is 0.909. The Labute approximate surface area is 112 Å². The summed E-state index contributed by atoms with van der Waals surface area (Å²) in [6.07, 6.45) is -0.190. The smallest absolute Gasteiger partial charge is 0.303 e. The molecule has 0 aromatic rings. The molecule has 0 saturated carbocycles. The quantitative estimate of drug-likeness (QED) is 0.439. The van der Waals surface area contributed by atoms with Gasteiger partial charge in [-0.15, -0.1) is 0 Å². The first-order chi connectivity index (χ1) is 8.52. The molecule has 8 heteroatoms. The molecule has 1 unspecified atom stereocenters. The van der Waals surface area contributed by atoms with E-state index in [0.717, 1.165) is 0 Å². The first-order valence-electron chi connectivity index (χ1n) is 6.06. The Kier molecular flexibility index (Phi) is 4.55. The van der Waals surface area contributed by atoms with Gasteiger partial charge in [0.05, 0.1) is 13.2 Å². The van der Waals surface area contributed by atoms with Gasteiger partial charge in [0.15, 0.2) is 0 Å². The highest BCUT2D eigenvalue weighted by Gasteiger charge is 2.60. The van der Waals surface area contributed by atoms with E-state index in [2.05, 4.69) is 0 Å². The molecular weight excluding hydrogens is 273 g/mol. The molecular formula is C11H20NO6P. The van der Waals surface area contributed by atoms with Crippen molar-refractivity contribution in [3.05, 3.63) is 10.1 Å². The molecule has 0 spiro atoms. The molecule has 1 atom stereocenters. The third-order valence-corrected chi connectivity index (χ3v) is 5.69. The van der Waals surface area contributed by atoms with E-state index in [1.54, 1.807) is 0 Å². The van der Waals surface area contributed by atoms with Crippen molar-refractivity contribution in [3.63, 3.8) is 0 Å². The zero-order valence-electron chi connectivity index (χ0n) is 11.7. The monoisotopic (exact) mass is 293 g/mol. The van der Waals surface area contributed by atoms with Crippen LogP contribution < -0.4 is 0 Å². The molecule has 0 bridgehead atoms. The van der Waals surface area contributed by atoms with E-state index < -0.39 is 17.8 Å². The summed E-state index contributed by atoms with van der Waals surface area (Å²) < 4.78 is 23.0. The molecule has 110 valence electrons. The Morgan fingerprint density at radius 3 is 2.26 bits per heavy atom. The van der Waals surface area contributed by atoms with E-state index in [-0.39, 0.29) is 37.3 Å². The van der Waals surface area contributed by atoms with Gasteiger partial charge in [-0.05, 0) is 6.92 Å². The van der Waals surface area contributed by atoms with Crippen molar-refractivity contribution >= 4 is 13.4 Å². The standard InChI is InChI=1S/C11H20NO6P/c1-9(13)5-6-11(4,12(14)15)19(16)17-7-10(2,3)8-18-19/h5-8H2,1-4H3. The van der Waals surface area contributed by atoms with Crippen LogP contribution in [0.5, 0.6) is 0 Å². The number of carbonyl (C=O) groups is 1. The van der Waals surface area contributed by atoms with Crippen LogP contribution in [0.3, 0.4) is 0 Å².